The van der Waals surface area contributed by atoms with E-state index in [1.165, 1.54) is 0 Å². The summed E-state index contributed by atoms with van der Waals surface area (Å²) in [6, 6.07) is 7.80. The van der Waals surface area contributed by atoms with Gasteiger partial charge < -0.3 is 19.5 Å². The van der Waals surface area contributed by atoms with Gasteiger partial charge in [-0.2, -0.15) is 4.39 Å². The van der Waals surface area contributed by atoms with E-state index in [2.05, 4.69) is 9.97 Å². The quantitative estimate of drug-likeness (QED) is 0.878. The van der Waals surface area contributed by atoms with Gasteiger partial charge in [0.05, 0.1) is 19.6 Å². The maximum atomic E-state index is 14.3. The molecule has 1 aromatic carbocycles. The summed E-state index contributed by atoms with van der Waals surface area (Å²) in [4.78, 5) is 35.0. The van der Waals surface area contributed by atoms with E-state index in [-0.39, 0.29) is 30.0 Å². The molecule has 142 valence electrons. The third kappa shape index (κ3) is 3.32. The molecule has 1 fully saturated rings. The first-order valence-corrected chi connectivity index (χ1v) is 9.06. The predicted octanol–water partition coefficient (Wildman–Crippen LogP) is 1.27. The maximum absolute atomic E-state index is 14.3. The number of H-pyrrole nitrogens is 1. The lowest BCUT2D eigenvalue weighted by molar-refractivity contribution is -0.118. The number of ether oxygens (including phenoxy) is 1. The van der Waals surface area contributed by atoms with Crippen molar-refractivity contribution >= 4 is 17.4 Å². The van der Waals surface area contributed by atoms with Crippen molar-refractivity contribution in [1.82, 2.24) is 9.97 Å². The van der Waals surface area contributed by atoms with E-state index < -0.39 is 11.4 Å². The van der Waals surface area contributed by atoms with Crippen molar-refractivity contribution in [2.24, 2.45) is 0 Å². The Kier molecular flexibility index (Phi) is 4.65. The molecule has 8 heteroatoms. The summed E-state index contributed by atoms with van der Waals surface area (Å²) >= 11 is 0. The van der Waals surface area contributed by atoms with Gasteiger partial charge in [-0.3, -0.25) is 9.59 Å². The van der Waals surface area contributed by atoms with Crippen molar-refractivity contribution < 1.29 is 13.9 Å². The van der Waals surface area contributed by atoms with Gasteiger partial charge in [0.15, 0.2) is 5.82 Å². The van der Waals surface area contributed by atoms with Gasteiger partial charge in [0, 0.05) is 24.8 Å². The molecule has 1 unspecified atom stereocenters. The SMILES string of the molecule is CC1Cc2ccccc2N1C(=O)Cc1nc(N2CCOCC2)c(F)c(=O)[nH]1. The zero-order valence-electron chi connectivity index (χ0n) is 15.1. The third-order valence-corrected chi connectivity index (χ3v) is 5.00. The van der Waals surface area contributed by atoms with Gasteiger partial charge in [-0.1, -0.05) is 18.2 Å². The van der Waals surface area contributed by atoms with Gasteiger partial charge >= 0.3 is 0 Å². The Hall–Kier alpha value is -2.74. The van der Waals surface area contributed by atoms with Gasteiger partial charge in [0.1, 0.15) is 5.82 Å². The summed E-state index contributed by atoms with van der Waals surface area (Å²) in [6.45, 7) is 3.79. The molecule has 7 nitrogen and oxygen atoms in total. The molecule has 27 heavy (non-hydrogen) atoms. The summed E-state index contributed by atoms with van der Waals surface area (Å²) in [5.74, 6) is -0.938. The second-order valence-electron chi connectivity index (χ2n) is 6.87. The lowest BCUT2D eigenvalue weighted by Gasteiger charge is -2.28. The number of nitrogens with zero attached hydrogens (tertiary/aromatic N) is 3. The number of hydrogen-bond acceptors (Lipinski definition) is 5. The van der Waals surface area contributed by atoms with E-state index in [0.717, 1.165) is 17.7 Å². The van der Waals surface area contributed by atoms with E-state index in [1.54, 1.807) is 9.80 Å². The lowest BCUT2D eigenvalue weighted by atomic mass is 10.1. The van der Waals surface area contributed by atoms with E-state index >= 15 is 0 Å². The van der Waals surface area contributed by atoms with E-state index in [0.29, 0.717) is 26.3 Å². The minimum absolute atomic E-state index is 0.0141. The van der Waals surface area contributed by atoms with Crippen LogP contribution in [0.2, 0.25) is 0 Å². The first-order valence-electron chi connectivity index (χ1n) is 9.06. The largest absolute Gasteiger partial charge is 0.378 e. The smallest absolute Gasteiger partial charge is 0.289 e. The number of aromatic nitrogens is 2. The Balaban J connectivity index is 1.60. The maximum Gasteiger partial charge on any atom is 0.289 e. The van der Waals surface area contributed by atoms with Crippen molar-refractivity contribution in [2.45, 2.75) is 25.8 Å². The Bertz CT molecular complexity index is 923. The van der Waals surface area contributed by atoms with Gasteiger partial charge in [0.25, 0.3) is 5.56 Å². The first-order chi connectivity index (χ1) is 13.0. The molecule has 0 saturated carbocycles. The standard InChI is InChI=1S/C19H21FN4O3/c1-12-10-13-4-2-3-5-14(13)24(12)16(25)11-15-21-18(17(20)19(26)22-15)23-6-8-27-9-7-23/h2-5,12H,6-11H2,1H3,(H,21,22,26). The van der Waals surface area contributed by atoms with Crippen molar-refractivity contribution in [2.75, 3.05) is 36.1 Å². The van der Waals surface area contributed by atoms with Crippen molar-refractivity contribution in [1.29, 1.82) is 0 Å². The predicted molar refractivity (Wildman–Crippen MR) is 98.6 cm³/mol. The zero-order valence-corrected chi connectivity index (χ0v) is 15.1. The van der Waals surface area contributed by atoms with Crippen molar-refractivity contribution in [3.05, 3.63) is 51.8 Å². The minimum Gasteiger partial charge on any atom is -0.378 e. The molecule has 0 aliphatic carbocycles. The van der Waals surface area contributed by atoms with Gasteiger partial charge in [-0.05, 0) is 25.0 Å². The normalized spacial score (nSPS) is 19.3. The molecular weight excluding hydrogens is 351 g/mol. The fourth-order valence-corrected chi connectivity index (χ4v) is 3.73. The molecule has 1 N–H and O–H groups in total. The summed E-state index contributed by atoms with van der Waals surface area (Å²) in [5, 5.41) is 0. The molecular formula is C19H21FN4O3. The van der Waals surface area contributed by atoms with Crippen LogP contribution in [0.25, 0.3) is 0 Å². The average Bonchev–Trinajstić information content (AvgIpc) is 3.01. The van der Waals surface area contributed by atoms with Crippen LogP contribution in [0.3, 0.4) is 0 Å². The molecule has 1 amide bonds. The Morgan fingerprint density at radius 2 is 2.07 bits per heavy atom. The van der Waals surface area contributed by atoms with Crippen LogP contribution in [0.15, 0.2) is 29.1 Å². The Morgan fingerprint density at radius 1 is 1.33 bits per heavy atom. The summed E-state index contributed by atoms with van der Waals surface area (Å²) in [5.41, 5.74) is 1.14. The number of nitrogens with one attached hydrogen (secondary N) is 1. The highest BCUT2D eigenvalue weighted by Gasteiger charge is 2.31. The number of amides is 1. The van der Waals surface area contributed by atoms with Gasteiger partial charge in [0.2, 0.25) is 11.7 Å². The van der Waals surface area contributed by atoms with Crippen LogP contribution in [0.5, 0.6) is 0 Å². The lowest BCUT2D eigenvalue weighted by Crippen LogP contribution is -2.40. The van der Waals surface area contributed by atoms with E-state index in [9.17, 15) is 14.0 Å². The second-order valence-corrected chi connectivity index (χ2v) is 6.87. The number of rotatable bonds is 3. The minimum atomic E-state index is -0.923. The molecule has 1 atom stereocenters. The van der Waals surface area contributed by atoms with E-state index in [1.807, 2.05) is 31.2 Å². The van der Waals surface area contributed by atoms with Crippen LogP contribution in [-0.4, -0.2) is 48.2 Å². The Morgan fingerprint density at radius 3 is 2.85 bits per heavy atom. The number of morpholine rings is 1. The fraction of sp³-hybridized carbons (Fsp3) is 0.421. The molecule has 2 aliphatic heterocycles. The molecule has 4 rings (SSSR count). The van der Waals surface area contributed by atoms with E-state index in [4.69, 9.17) is 4.74 Å². The molecule has 0 bridgehead atoms. The molecule has 2 aromatic rings. The monoisotopic (exact) mass is 372 g/mol. The molecule has 2 aliphatic rings. The number of para-hydroxylation sites is 1. The summed E-state index contributed by atoms with van der Waals surface area (Å²) in [7, 11) is 0. The molecule has 0 radical (unpaired) electrons. The summed E-state index contributed by atoms with van der Waals surface area (Å²) in [6.07, 6.45) is 0.694. The first kappa shape index (κ1) is 17.7. The Labute approximate surface area is 155 Å². The number of carbonyl (C=O) groups is 1. The second kappa shape index (κ2) is 7.11. The summed E-state index contributed by atoms with van der Waals surface area (Å²) < 4.78 is 19.5. The number of hydrogen-bond donors (Lipinski definition) is 1. The number of carbonyl (C=O) groups excluding carboxylic acids is 1. The van der Waals surface area contributed by atoms with Gasteiger partial charge in [-0.15, -0.1) is 0 Å². The highest BCUT2D eigenvalue weighted by molar-refractivity contribution is 5.97. The number of fused-ring (bicyclic) bond motifs is 1. The molecule has 1 aromatic heterocycles. The number of aromatic amines is 1. The zero-order chi connectivity index (χ0) is 19.0. The van der Waals surface area contributed by atoms with Crippen molar-refractivity contribution in [3.63, 3.8) is 0 Å². The fourth-order valence-electron chi connectivity index (χ4n) is 3.73. The number of benzene rings is 1. The van der Waals surface area contributed by atoms with Crippen LogP contribution in [0.4, 0.5) is 15.9 Å². The molecule has 1 saturated heterocycles. The molecule has 0 spiro atoms. The van der Waals surface area contributed by atoms with Crippen LogP contribution in [0, 0.1) is 5.82 Å². The van der Waals surface area contributed by atoms with Crippen LogP contribution < -0.4 is 15.4 Å². The third-order valence-electron chi connectivity index (χ3n) is 5.00. The van der Waals surface area contributed by atoms with Crippen molar-refractivity contribution in [3.8, 4) is 0 Å². The highest BCUT2D eigenvalue weighted by Crippen LogP contribution is 2.32. The average molecular weight is 372 g/mol. The number of anilines is 2. The van der Waals surface area contributed by atoms with Gasteiger partial charge in [-0.25, -0.2) is 4.98 Å². The van der Waals surface area contributed by atoms with Crippen LogP contribution >= 0.6 is 0 Å². The molecule has 3 heterocycles. The highest BCUT2D eigenvalue weighted by atomic mass is 19.1. The topological polar surface area (TPSA) is 78.5 Å². The van der Waals surface area contributed by atoms with Crippen LogP contribution in [-0.2, 0) is 22.4 Å². The van der Waals surface area contributed by atoms with Crippen LogP contribution in [0.1, 0.15) is 18.3 Å². The number of halogens is 1.